The molecule has 2 N–H and O–H groups in total. The van der Waals surface area contributed by atoms with E-state index in [1.807, 2.05) is 60.7 Å². The Morgan fingerprint density at radius 3 is 2.40 bits per heavy atom. The Morgan fingerprint density at radius 2 is 1.63 bits per heavy atom. The van der Waals surface area contributed by atoms with Crippen molar-refractivity contribution in [3.8, 4) is 11.3 Å². The fourth-order valence-electron chi connectivity index (χ4n) is 3.47. The molecule has 150 valence electrons. The molecule has 0 aliphatic rings. The van der Waals surface area contributed by atoms with Crippen LogP contribution < -0.4 is 5.43 Å². The standard InChI is InChI=1S/C24H19ClN2O3/c25-18-10-8-17(9-11-18)22-14-12-19(13-15-23(28)29)27(22)26-24(30)21-7-3-5-16-4-1-2-6-20(16)21/h1-12,14H,13,15H2,(H,26,30)(H,28,29). The minimum absolute atomic E-state index is 0.0335. The number of carbonyl (C=O) groups is 2. The number of hydrogen-bond acceptors (Lipinski definition) is 2. The molecular formula is C24H19ClN2O3. The first-order chi connectivity index (χ1) is 14.5. The van der Waals surface area contributed by atoms with Crippen molar-refractivity contribution in [1.29, 1.82) is 0 Å². The summed E-state index contributed by atoms with van der Waals surface area (Å²) in [5, 5.41) is 11.5. The maximum absolute atomic E-state index is 13.2. The van der Waals surface area contributed by atoms with Gasteiger partial charge >= 0.3 is 5.97 Å². The topological polar surface area (TPSA) is 71.3 Å². The van der Waals surface area contributed by atoms with Crippen LogP contribution in [0.15, 0.2) is 78.9 Å². The van der Waals surface area contributed by atoms with Gasteiger partial charge in [0.25, 0.3) is 5.91 Å². The molecule has 6 heteroatoms. The third kappa shape index (κ3) is 4.07. The smallest absolute Gasteiger partial charge is 0.303 e. The molecule has 1 aromatic heterocycles. The monoisotopic (exact) mass is 418 g/mol. The van der Waals surface area contributed by atoms with Crippen LogP contribution in [0.4, 0.5) is 0 Å². The molecule has 4 aromatic rings. The van der Waals surface area contributed by atoms with Crippen LogP contribution in [0.2, 0.25) is 5.02 Å². The molecule has 1 heterocycles. The van der Waals surface area contributed by atoms with E-state index < -0.39 is 5.97 Å². The zero-order valence-electron chi connectivity index (χ0n) is 16.0. The predicted molar refractivity (Wildman–Crippen MR) is 118 cm³/mol. The van der Waals surface area contributed by atoms with E-state index in [0.29, 0.717) is 22.7 Å². The van der Waals surface area contributed by atoms with Crippen LogP contribution >= 0.6 is 11.6 Å². The first-order valence-corrected chi connectivity index (χ1v) is 9.88. The number of benzene rings is 3. The maximum atomic E-state index is 13.2. The molecule has 0 atom stereocenters. The molecule has 0 radical (unpaired) electrons. The number of nitrogens with zero attached hydrogens (tertiary/aromatic N) is 1. The average molecular weight is 419 g/mol. The largest absolute Gasteiger partial charge is 0.481 e. The molecule has 30 heavy (non-hydrogen) atoms. The number of aliphatic carboxylic acids is 1. The van der Waals surface area contributed by atoms with Crippen LogP contribution in [0.3, 0.4) is 0 Å². The highest BCUT2D eigenvalue weighted by molar-refractivity contribution is 6.30. The fraction of sp³-hybridized carbons (Fsp3) is 0.0833. The summed E-state index contributed by atoms with van der Waals surface area (Å²) in [6.45, 7) is 0. The predicted octanol–water partition coefficient (Wildman–Crippen LogP) is 5.36. The van der Waals surface area contributed by atoms with Gasteiger partial charge in [0, 0.05) is 28.3 Å². The molecule has 0 fully saturated rings. The van der Waals surface area contributed by atoms with Crippen molar-refractivity contribution in [2.24, 2.45) is 0 Å². The average Bonchev–Trinajstić information content (AvgIpc) is 3.14. The van der Waals surface area contributed by atoms with Crippen molar-refractivity contribution in [1.82, 2.24) is 4.68 Å². The number of hydrogen-bond donors (Lipinski definition) is 2. The summed E-state index contributed by atoms with van der Waals surface area (Å²) in [6, 6.07) is 24.2. The lowest BCUT2D eigenvalue weighted by Gasteiger charge is -2.16. The Kier molecular flexibility index (Phi) is 5.55. The van der Waals surface area contributed by atoms with E-state index >= 15 is 0 Å². The van der Waals surface area contributed by atoms with Gasteiger partial charge < -0.3 is 5.11 Å². The molecule has 4 rings (SSSR count). The second-order valence-corrected chi connectivity index (χ2v) is 7.35. The zero-order chi connectivity index (χ0) is 21.1. The number of nitrogens with one attached hydrogen (secondary N) is 1. The number of carbonyl (C=O) groups excluding carboxylic acids is 1. The molecule has 0 saturated carbocycles. The number of carboxylic acid groups (broad SMARTS) is 1. The van der Waals surface area contributed by atoms with Crippen molar-refractivity contribution in [3.63, 3.8) is 0 Å². The lowest BCUT2D eigenvalue weighted by Crippen LogP contribution is -2.25. The van der Waals surface area contributed by atoms with Gasteiger partial charge in [-0.25, -0.2) is 0 Å². The lowest BCUT2D eigenvalue weighted by molar-refractivity contribution is -0.136. The first-order valence-electron chi connectivity index (χ1n) is 9.50. The van der Waals surface area contributed by atoms with Gasteiger partial charge in [0.1, 0.15) is 0 Å². The van der Waals surface area contributed by atoms with E-state index in [-0.39, 0.29) is 12.3 Å². The number of rotatable bonds is 6. The lowest BCUT2D eigenvalue weighted by atomic mass is 10.0. The maximum Gasteiger partial charge on any atom is 0.303 e. The van der Waals surface area contributed by atoms with Gasteiger partial charge in [-0.2, -0.15) is 0 Å². The molecule has 1 amide bonds. The fourth-order valence-corrected chi connectivity index (χ4v) is 3.60. The van der Waals surface area contributed by atoms with Crippen molar-refractivity contribution in [2.75, 3.05) is 5.43 Å². The molecule has 0 saturated heterocycles. The molecule has 0 bridgehead atoms. The summed E-state index contributed by atoms with van der Waals surface area (Å²) >= 11 is 6.01. The molecule has 0 spiro atoms. The minimum atomic E-state index is -0.892. The summed E-state index contributed by atoms with van der Waals surface area (Å²) in [5.41, 5.74) is 5.82. The van der Waals surface area contributed by atoms with E-state index in [4.69, 9.17) is 16.7 Å². The van der Waals surface area contributed by atoms with Crippen LogP contribution in [-0.2, 0) is 11.2 Å². The van der Waals surface area contributed by atoms with Crippen molar-refractivity contribution in [2.45, 2.75) is 12.8 Å². The Bertz CT molecular complexity index is 1220. The van der Waals surface area contributed by atoms with Crippen LogP contribution in [-0.4, -0.2) is 21.7 Å². The second kappa shape index (κ2) is 8.43. The normalized spacial score (nSPS) is 10.8. The minimum Gasteiger partial charge on any atom is -0.481 e. The molecule has 0 unspecified atom stereocenters. The van der Waals surface area contributed by atoms with Crippen LogP contribution in [0.5, 0.6) is 0 Å². The molecule has 0 aliphatic heterocycles. The SMILES string of the molecule is O=C(O)CCc1ccc(-c2ccc(Cl)cc2)n1NC(=O)c1cccc2ccccc12. The van der Waals surface area contributed by atoms with Crippen molar-refractivity contribution in [3.05, 3.63) is 95.1 Å². The molecule has 5 nitrogen and oxygen atoms in total. The number of carboxylic acids is 1. The number of fused-ring (bicyclic) bond motifs is 1. The van der Waals surface area contributed by atoms with Gasteiger partial charge in [-0.05, 0) is 41.1 Å². The highest BCUT2D eigenvalue weighted by atomic mass is 35.5. The molecule has 3 aromatic carbocycles. The summed E-state index contributed by atoms with van der Waals surface area (Å²) in [6.07, 6.45) is 0.257. The van der Waals surface area contributed by atoms with Gasteiger partial charge in [-0.3, -0.25) is 19.7 Å². The van der Waals surface area contributed by atoms with Crippen molar-refractivity contribution >= 4 is 34.2 Å². The van der Waals surface area contributed by atoms with Crippen LogP contribution in [0.25, 0.3) is 22.0 Å². The number of aryl methyl sites for hydroxylation is 1. The Balaban J connectivity index is 1.74. The Labute approximate surface area is 178 Å². The summed E-state index contributed by atoms with van der Waals surface area (Å²) < 4.78 is 1.66. The third-order valence-electron chi connectivity index (χ3n) is 4.94. The Hall–Kier alpha value is -3.57. The van der Waals surface area contributed by atoms with Gasteiger partial charge in [-0.15, -0.1) is 0 Å². The van der Waals surface area contributed by atoms with E-state index in [9.17, 15) is 9.59 Å². The highest BCUT2D eigenvalue weighted by Gasteiger charge is 2.16. The third-order valence-corrected chi connectivity index (χ3v) is 5.20. The highest BCUT2D eigenvalue weighted by Crippen LogP contribution is 2.25. The van der Waals surface area contributed by atoms with Gasteiger partial charge in [-0.1, -0.05) is 60.1 Å². The van der Waals surface area contributed by atoms with E-state index in [1.54, 1.807) is 22.9 Å². The van der Waals surface area contributed by atoms with Gasteiger partial charge in [0.2, 0.25) is 0 Å². The summed E-state index contributed by atoms with van der Waals surface area (Å²) in [4.78, 5) is 24.3. The quantitative estimate of drug-likeness (QED) is 0.442. The van der Waals surface area contributed by atoms with Gasteiger partial charge in [0.05, 0.1) is 12.1 Å². The first kappa shape index (κ1) is 19.7. The number of amides is 1. The summed E-state index contributed by atoms with van der Waals surface area (Å²) in [5.74, 6) is -1.16. The van der Waals surface area contributed by atoms with Gasteiger partial charge in [0.15, 0.2) is 0 Å². The van der Waals surface area contributed by atoms with Crippen molar-refractivity contribution < 1.29 is 14.7 Å². The second-order valence-electron chi connectivity index (χ2n) is 6.91. The zero-order valence-corrected chi connectivity index (χ0v) is 16.8. The Morgan fingerprint density at radius 1 is 0.900 bits per heavy atom. The number of aromatic nitrogens is 1. The molecular weight excluding hydrogens is 400 g/mol. The van der Waals surface area contributed by atoms with Crippen LogP contribution in [0.1, 0.15) is 22.5 Å². The number of halogens is 1. The van der Waals surface area contributed by atoms with E-state index in [1.165, 1.54) is 0 Å². The van der Waals surface area contributed by atoms with E-state index in [2.05, 4.69) is 5.43 Å². The summed E-state index contributed by atoms with van der Waals surface area (Å²) in [7, 11) is 0. The van der Waals surface area contributed by atoms with Crippen LogP contribution in [0, 0.1) is 0 Å². The van der Waals surface area contributed by atoms with E-state index in [0.717, 1.165) is 22.0 Å². The molecule has 0 aliphatic carbocycles.